The van der Waals surface area contributed by atoms with Gasteiger partial charge in [0, 0.05) is 45.7 Å². The summed E-state index contributed by atoms with van der Waals surface area (Å²) in [6.45, 7) is 13.2. The van der Waals surface area contributed by atoms with Gasteiger partial charge in [-0.15, -0.1) is 0 Å². The highest BCUT2D eigenvalue weighted by atomic mass is 28.4. The molecule has 0 amide bonds. The summed E-state index contributed by atoms with van der Waals surface area (Å²) in [4.78, 5) is 15.6. The summed E-state index contributed by atoms with van der Waals surface area (Å²) in [5.74, 6) is 1.49. The van der Waals surface area contributed by atoms with Crippen LogP contribution in [0.3, 0.4) is 0 Å². The number of ether oxygens (including phenoxy) is 2. The number of methoxy groups -OCH3 is 1. The van der Waals surface area contributed by atoms with E-state index in [1.54, 1.807) is 13.2 Å². The van der Waals surface area contributed by atoms with Gasteiger partial charge in [0.1, 0.15) is 18.1 Å². The predicted molar refractivity (Wildman–Crippen MR) is 225 cm³/mol. The third kappa shape index (κ3) is 10.5. The highest BCUT2D eigenvalue weighted by Gasteiger charge is 2.39. The minimum absolute atomic E-state index is 0.0266. The van der Waals surface area contributed by atoms with E-state index >= 15 is 0 Å². The Kier molecular flexibility index (Phi) is 13.6. The lowest BCUT2D eigenvalue weighted by molar-refractivity contribution is 0.182. The van der Waals surface area contributed by atoms with Gasteiger partial charge in [-0.2, -0.15) is 0 Å². The van der Waals surface area contributed by atoms with Crippen molar-refractivity contribution in [2.75, 3.05) is 25.5 Å². The van der Waals surface area contributed by atoms with Gasteiger partial charge in [-0.1, -0.05) is 99.6 Å². The Bertz CT molecular complexity index is 2220. The maximum atomic E-state index is 12.5. The van der Waals surface area contributed by atoms with E-state index in [2.05, 4.69) is 98.0 Å². The minimum atomic E-state index is -2.17. The predicted octanol–water partition coefficient (Wildman–Crippen LogP) is 10.5. The largest absolute Gasteiger partial charge is 0.496 e. The fourth-order valence-corrected chi connectivity index (χ4v) is 7.42. The lowest BCUT2D eigenvalue weighted by atomic mass is 10.0. The zero-order valence-electron chi connectivity index (χ0n) is 32.6. The van der Waals surface area contributed by atoms with Crippen molar-refractivity contribution in [1.82, 2.24) is 10.3 Å². The molecular formula is C45H51N5O4Si. The van der Waals surface area contributed by atoms with Crippen LogP contribution in [0.2, 0.25) is 18.1 Å². The third-order valence-corrected chi connectivity index (χ3v) is 14.7. The van der Waals surface area contributed by atoms with Crippen molar-refractivity contribution in [2.45, 2.75) is 58.0 Å². The fraction of sp³-hybridized carbons (Fsp3) is 0.267. The summed E-state index contributed by atoms with van der Waals surface area (Å²) in [6.07, 6.45) is 0.651. The number of benzene rings is 5. The van der Waals surface area contributed by atoms with E-state index < -0.39 is 8.32 Å². The number of hydrogen-bond acceptors (Lipinski definition) is 8. The SMILES string of the molecule is COc1ccc(Nc2ccc(CCNC[C@H](O[Si](C)(C)C(C)(C)C)c3ccc(OCc4ccccc4)c4[nH]c(=O)ccc34)cc2)cc1-c1ccccc1.N#N. The van der Waals surface area contributed by atoms with Gasteiger partial charge in [-0.25, -0.2) is 0 Å². The van der Waals surface area contributed by atoms with Gasteiger partial charge in [0.05, 0.1) is 18.7 Å². The molecular weight excluding hydrogens is 703 g/mol. The minimum Gasteiger partial charge on any atom is -0.496 e. The Morgan fingerprint density at radius 1 is 0.764 bits per heavy atom. The average Bonchev–Trinajstić information content (AvgIpc) is 3.19. The number of rotatable bonds is 15. The maximum absolute atomic E-state index is 12.5. The van der Waals surface area contributed by atoms with Gasteiger partial charge in [-0.05, 0) is 95.8 Å². The molecule has 0 bridgehead atoms. The van der Waals surface area contributed by atoms with E-state index in [1.807, 2.05) is 72.8 Å². The number of nitrogens with one attached hydrogen (secondary N) is 3. The number of nitrogens with zero attached hydrogens (tertiary/aromatic N) is 2. The van der Waals surface area contributed by atoms with Crippen molar-refractivity contribution >= 4 is 30.6 Å². The van der Waals surface area contributed by atoms with Crippen molar-refractivity contribution in [2.24, 2.45) is 0 Å². The molecule has 6 rings (SSSR count). The number of fused-ring (bicyclic) bond motifs is 1. The molecule has 0 saturated heterocycles. The average molecular weight is 754 g/mol. The molecule has 284 valence electrons. The summed E-state index contributed by atoms with van der Waals surface area (Å²) in [6, 6.07) is 42.6. The van der Waals surface area contributed by atoms with E-state index in [0.29, 0.717) is 24.4 Å². The molecule has 1 aromatic heterocycles. The van der Waals surface area contributed by atoms with Crippen LogP contribution in [0.25, 0.3) is 22.0 Å². The van der Waals surface area contributed by atoms with E-state index in [0.717, 1.165) is 57.7 Å². The second-order valence-electron chi connectivity index (χ2n) is 15.0. The number of aromatic nitrogens is 1. The third-order valence-electron chi connectivity index (χ3n) is 10.2. The second kappa shape index (κ2) is 18.5. The molecule has 0 aliphatic carbocycles. The number of anilines is 2. The van der Waals surface area contributed by atoms with Crippen molar-refractivity contribution in [1.29, 1.82) is 10.8 Å². The first-order valence-corrected chi connectivity index (χ1v) is 21.4. The van der Waals surface area contributed by atoms with Gasteiger partial charge < -0.3 is 29.5 Å². The molecule has 55 heavy (non-hydrogen) atoms. The van der Waals surface area contributed by atoms with Crippen LogP contribution in [0.4, 0.5) is 11.4 Å². The molecule has 0 aliphatic rings. The maximum Gasteiger partial charge on any atom is 0.248 e. The lowest BCUT2D eigenvalue weighted by Crippen LogP contribution is -2.43. The van der Waals surface area contributed by atoms with Crippen molar-refractivity contribution in [3.05, 3.63) is 154 Å². The number of H-pyrrole nitrogens is 1. The first kappa shape index (κ1) is 40.5. The van der Waals surface area contributed by atoms with Gasteiger partial charge in [0.2, 0.25) is 5.56 Å². The molecule has 0 spiro atoms. The molecule has 1 heterocycles. The van der Waals surface area contributed by atoms with Gasteiger partial charge in [0.15, 0.2) is 8.32 Å². The summed E-state index contributed by atoms with van der Waals surface area (Å²) >= 11 is 0. The summed E-state index contributed by atoms with van der Waals surface area (Å²) in [5.41, 5.74) is 8.04. The van der Waals surface area contributed by atoms with Crippen LogP contribution in [-0.4, -0.2) is 33.5 Å². The smallest absolute Gasteiger partial charge is 0.248 e. The Balaban J connectivity index is 0.00000285. The Labute approximate surface area is 325 Å². The van der Waals surface area contributed by atoms with Crippen LogP contribution in [0, 0.1) is 10.8 Å². The van der Waals surface area contributed by atoms with Crippen LogP contribution >= 0.6 is 0 Å². The van der Waals surface area contributed by atoms with Crippen LogP contribution in [0.5, 0.6) is 11.5 Å². The van der Waals surface area contributed by atoms with Gasteiger partial charge in [0.25, 0.3) is 0 Å². The second-order valence-corrected chi connectivity index (χ2v) is 19.7. The highest BCUT2D eigenvalue weighted by Crippen LogP contribution is 2.41. The van der Waals surface area contributed by atoms with Crippen LogP contribution in [0.1, 0.15) is 43.6 Å². The Morgan fingerprint density at radius 2 is 1.42 bits per heavy atom. The van der Waals surface area contributed by atoms with Crippen molar-refractivity contribution in [3.63, 3.8) is 0 Å². The van der Waals surface area contributed by atoms with Crippen LogP contribution in [0.15, 0.2) is 132 Å². The molecule has 0 radical (unpaired) electrons. The Morgan fingerprint density at radius 3 is 2.09 bits per heavy atom. The fourth-order valence-electron chi connectivity index (χ4n) is 6.15. The topological polar surface area (TPSA) is 132 Å². The summed E-state index contributed by atoms with van der Waals surface area (Å²) in [5, 5.41) is 20.2. The lowest BCUT2D eigenvalue weighted by Gasteiger charge is -2.39. The van der Waals surface area contributed by atoms with E-state index in [4.69, 9.17) is 24.7 Å². The zero-order chi connectivity index (χ0) is 39.4. The van der Waals surface area contributed by atoms with Crippen molar-refractivity contribution in [3.8, 4) is 22.6 Å². The zero-order valence-corrected chi connectivity index (χ0v) is 33.6. The molecule has 1 atom stereocenters. The standard InChI is InChI=1S/C45H51N3O4Si.N2/c1-45(2,3)53(5,6)52-42(37-22-25-41(44-38(37)23-26-43(49)48-44)51-31-33-13-9-7-10-14-33)30-46-28-27-32-17-19-35(20-18-32)47-36-21-24-40(50-4)39(29-36)34-15-11-8-12-16-34;1-2/h7-26,29,42,46-47H,27-28,30-31H2,1-6H3,(H,48,49);/t42-;/m0./s1. The Hall–Kier alpha value is -5.73. The highest BCUT2D eigenvalue weighted by molar-refractivity contribution is 6.74. The molecule has 0 unspecified atom stereocenters. The number of pyridine rings is 1. The number of aromatic amines is 1. The summed E-state index contributed by atoms with van der Waals surface area (Å²) < 4.78 is 19.0. The molecule has 0 fully saturated rings. The first-order valence-electron chi connectivity index (χ1n) is 18.5. The van der Waals surface area contributed by atoms with Crippen LogP contribution < -0.4 is 25.7 Å². The van der Waals surface area contributed by atoms with Crippen LogP contribution in [-0.2, 0) is 17.5 Å². The molecule has 0 aliphatic heterocycles. The normalized spacial score (nSPS) is 12.0. The van der Waals surface area contributed by atoms with Crippen molar-refractivity contribution < 1.29 is 13.9 Å². The first-order chi connectivity index (χ1) is 26.5. The molecule has 3 N–H and O–H groups in total. The van der Waals surface area contributed by atoms with E-state index in [1.165, 1.54) is 5.56 Å². The van der Waals surface area contributed by atoms with E-state index in [9.17, 15) is 4.79 Å². The molecule has 9 nitrogen and oxygen atoms in total. The molecule has 6 aromatic rings. The monoisotopic (exact) mass is 753 g/mol. The molecule has 10 heteroatoms. The summed E-state index contributed by atoms with van der Waals surface area (Å²) in [7, 11) is -0.466. The van der Waals surface area contributed by atoms with Gasteiger partial charge in [-0.3, -0.25) is 4.79 Å². The molecule has 0 saturated carbocycles. The number of hydrogen-bond donors (Lipinski definition) is 3. The van der Waals surface area contributed by atoms with E-state index in [-0.39, 0.29) is 16.7 Å². The quantitative estimate of drug-likeness (QED) is 0.0536. The molecule has 5 aromatic carbocycles. The van der Waals surface area contributed by atoms with Gasteiger partial charge >= 0.3 is 0 Å².